The van der Waals surface area contributed by atoms with Crippen molar-refractivity contribution in [1.82, 2.24) is 0 Å². The molecular weight excluding hydrogens is 246 g/mol. The standard InChI is InChI=1S/C18H19NO/c1-12-9-10-17(19)16(11-12)18(20)15-8-3-2-7-14(15)13-5-4-6-13/h2-3,7-11,13H,4-6,19H2,1H3. The molecule has 2 nitrogen and oxygen atoms in total. The Morgan fingerprint density at radius 3 is 2.55 bits per heavy atom. The number of rotatable bonds is 3. The van der Waals surface area contributed by atoms with Crippen LogP contribution in [0.3, 0.4) is 0 Å². The van der Waals surface area contributed by atoms with Crippen molar-refractivity contribution >= 4 is 11.5 Å². The summed E-state index contributed by atoms with van der Waals surface area (Å²) < 4.78 is 0. The van der Waals surface area contributed by atoms with Gasteiger partial charge in [-0.1, -0.05) is 42.3 Å². The molecule has 2 aromatic rings. The minimum absolute atomic E-state index is 0.0497. The number of nitrogens with two attached hydrogens (primary N) is 1. The van der Waals surface area contributed by atoms with E-state index >= 15 is 0 Å². The first-order valence-electron chi connectivity index (χ1n) is 7.16. The molecule has 20 heavy (non-hydrogen) atoms. The molecule has 102 valence electrons. The number of carbonyl (C=O) groups excluding carboxylic acids is 1. The molecule has 0 spiro atoms. The first kappa shape index (κ1) is 12.9. The van der Waals surface area contributed by atoms with Gasteiger partial charge >= 0.3 is 0 Å². The Bertz CT molecular complexity index is 656. The molecule has 1 aliphatic carbocycles. The summed E-state index contributed by atoms with van der Waals surface area (Å²) in [5.74, 6) is 0.592. The fraction of sp³-hybridized carbons (Fsp3) is 0.278. The average Bonchev–Trinajstić information content (AvgIpc) is 2.39. The minimum atomic E-state index is 0.0497. The van der Waals surface area contributed by atoms with Gasteiger partial charge in [0, 0.05) is 16.8 Å². The second-order valence-electron chi connectivity index (χ2n) is 5.63. The first-order chi connectivity index (χ1) is 9.66. The Labute approximate surface area is 119 Å². The Morgan fingerprint density at radius 2 is 1.85 bits per heavy atom. The summed E-state index contributed by atoms with van der Waals surface area (Å²) in [4.78, 5) is 12.8. The van der Waals surface area contributed by atoms with Crippen molar-refractivity contribution in [3.05, 3.63) is 64.7 Å². The van der Waals surface area contributed by atoms with E-state index in [0.29, 0.717) is 17.2 Å². The van der Waals surface area contributed by atoms with Gasteiger partial charge < -0.3 is 5.73 Å². The molecule has 0 unspecified atom stereocenters. The third-order valence-corrected chi connectivity index (χ3v) is 4.20. The van der Waals surface area contributed by atoms with Crippen LogP contribution in [0, 0.1) is 6.92 Å². The van der Waals surface area contributed by atoms with Crippen LogP contribution >= 0.6 is 0 Å². The fourth-order valence-corrected chi connectivity index (χ4v) is 2.79. The molecular formula is C18H19NO. The number of benzene rings is 2. The molecule has 3 rings (SSSR count). The maximum atomic E-state index is 12.8. The van der Waals surface area contributed by atoms with Gasteiger partial charge in [0.1, 0.15) is 0 Å². The van der Waals surface area contributed by atoms with E-state index in [1.165, 1.54) is 24.8 Å². The minimum Gasteiger partial charge on any atom is -0.398 e. The van der Waals surface area contributed by atoms with Gasteiger partial charge in [0.05, 0.1) is 0 Å². The van der Waals surface area contributed by atoms with E-state index in [-0.39, 0.29) is 5.78 Å². The molecule has 0 radical (unpaired) electrons. The van der Waals surface area contributed by atoms with Crippen LogP contribution in [0.25, 0.3) is 0 Å². The van der Waals surface area contributed by atoms with Gasteiger partial charge in [-0.05, 0) is 43.4 Å². The molecule has 0 saturated heterocycles. The fourth-order valence-electron chi connectivity index (χ4n) is 2.79. The van der Waals surface area contributed by atoms with Gasteiger partial charge in [-0.3, -0.25) is 4.79 Å². The zero-order chi connectivity index (χ0) is 14.1. The van der Waals surface area contributed by atoms with Crippen molar-refractivity contribution in [3.63, 3.8) is 0 Å². The molecule has 0 heterocycles. The molecule has 2 N–H and O–H groups in total. The first-order valence-corrected chi connectivity index (χ1v) is 7.16. The Hall–Kier alpha value is -2.09. The zero-order valence-corrected chi connectivity index (χ0v) is 11.7. The topological polar surface area (TPSA) is 43.1 Å². The summed E-state index contributed by atoms with van der Waals surface area (Å²) in [6.45, 7) is 1.98. The van der Waals surface area contributed by atoms with Crippen molar-refractivity contribution in [2.24, 2.45) is 0 Å². The number of hydrogen-bond acceptors (Lipinski definition) is 2. The van der Waals surface area contributed by atoms with Crippen LogP contribution in [-0.2, 0) is 0 Å². The lowest BCUT2D eigenvalue weighted by atomic mass is 9.77. The van der Waals surface area contributed by atoms with Crippen molar-refractivity contribution < 1.29 is 4.79 Å². The van der Waals surface area contributed by atoms with Crippen LogP contribution < -0.4 is 5.73 Å². The third kappa shape index (κ3) is 2.22. The molecule has 0 aromatic heterocycles. The number of hydrogen-bond donors (Lipinski definition) is 1. The maximum absolute atomic E-state index is 12.8. The highest BCUT2D eigenvalue weighted by molar-refractivity contribution is 6.13. The van der Waals surface area contributed by atoms with E-state index in [1.807, 2.05) is 43.3 Å². The second-order valence-corrected chi connectivity index (χ2v) is 5.63. The predicted molar refractivity (Wildman–Crippen MR) is 82.1 cm³/mol. The largest absolute Gasteiger partial charge is 0.398 e. The van der Waals surface area contributed by atoms with Crippen LogP contribution in [0.1, 0.15) is 52.2 Å². The number of anilines is 1. The summed E-state index contributed by atoms with van der Waals surface area (Å²) in [7, 11) is 0. The van der Waals surface area contributed by atoms with Crippen LogP contribution in [0.5, 0.6) is 0 Å². The van der Waals surface area contributed by atoms with Crippen molar-refractivity contribution in [2.45, 2.75) is 32.1 Å². The summed E-state index contributed by atoms with van der Waals surface area (Å²) >= 11 is 0. The molecule has 0 amide bonds. The number of nitrogen functional groups attached to an aromatic ring is 1. The molecule has 0 atom stereocenters. The van der Waals surface area contributed by atoms with Gasteiger partial charge in [0.2, 0.25) is 0 Å². The maximum Gasteiger partial charge on any atom is 0.195 e. The summed E-state index contributed by atoms with van der Waals surface area (Å²) in [5.41, 5.74) is 10.2. The van der Waals surface area contributed by atoms with E-state index in [9.17, 15) is 4.79 Å². The van der Waals surface area contributed by atoms with Gasteiger partial charge in [0.25, 0.3) is 0 Å². The second kappa shape index (κ2) is 5.12. The SMILES string of the molecule is Cc1ccc(N)c(C(=O)c2ccccc2C2CCC2)c1. The highest BCUT2D eigenvalue weighted by Gasteiger charge is 2.25. The van der Waals surface area contributed by atoms with Gasteiger partial charge in [0.15, 0.2) is 5.78 Å². The molecule has 2 aromatic carbocycles. The molecule has 2 heteroatoms. The van der Waals surface area contributed by atoms with Gasteiger partial charge in [-0.25, -0.2) is 0 Å². The van der Waals surface area contributed by atoms with E-state index < -0.39 is 0 Å². The lowest BCUT2D eigenvalue weighted by Crippen LogP contribution is -2.15. The normalized spacial score (nSPS) is 14.8. The van der Waals surface area contributed by atoms with Crippen LogP contribution in [0.4, 0.5) is 5.69 Å². The van der Waals surface area contributed by atoms with E-state index in [0.717, 1.165) is 11.1 Å². The van der Waals surface area contributed by atoms with E-state index in [2.05, 4.69) is 6.07 Å². The quantitative estimate of drug-likeness (QED) is 0.671. The highest BCUT2D eigenvalue weighted by atomic mass is 16.1. The molecule has 1 fully saturated rings. The average molecular weight is 265 g/mol. The van der Waals surface area contributed by atoms with Gasteiger partial charge in [-0.15, -0.1) is 0 Å². The Balaban J connectivity index is 2.04. The number of carbonyl (C=O) groups is 1. The summed E-state index contributed by atoms with van der Waals surface area (Å²) in [6.07, 6.45) is 3.64. The molecule has 1 aliphatic rings. The lowest BCUT2D eigenvalue weighted by Gasteiger charge is -2.27. The van der Waals surface area contributed by atoms with Crippen LogP contribution in [0.2, 0.25) is 0 Å². The van der Waals surface area contributed by atoms with Crippen molar-refractivity contribution in [2.75, 3.05) is 5.73 Å². The monoisotopic (exact) mass is 265 g/mol. The number of aryl methyl sites for hydroxylation is 1. The highest BCUT2D eigenvalue weighted by Crippen LogP contribution is 2.38. The van der Waals surface area contributed by atoms with Crippen LogP contribution in [0.15, 0.2) is 42.5 Å². The van der Waals surface area contributed by atoms with Crippen molar-refractivity contribution in [1.29, 1.82) is 0 Å². The summed E-state index contributed by atoms with van der Waals surface area (Å²) in [5, 5.41) is 0. The Morgan fingerprint density at radius 1 is 1.10 bits per heavy atom. The van der Waals surface area contributed by atoms with Crippen molar-refractivity contribution in [3.8, 4) is 0 Å². The smallest absolute Gasteiger partial charge is 0.195 e. The molecule has 0 aliphatic heterocycles. The Kier molecular flexibility index (Phi) is 3.31. The zero-order valence-electron chi connectivity index (χ0n) is 11.7. The van der Waals surface area contributed by atoms with E-state index in [4.69, 9.17) is 5.73 Å². The lowest BCUT2D eigenvalue weighted by molar-refractivity contribution is 0.103. The third-order valence-electron chi connectivity index (χ3n) is 4.20. The molecule has 0 bridgehead atoms. The molecule has 1 saturated carbocycles. The van der Waals surface area contributed by atoms with Crippen LogP contribution in [-0.4, -0.2) is 5.78 Å². The summed E-state index contributed by atoms with van der Waals surface area (Å²) in [6, 6.07) is 13.6. The van der Waals surface area contributed by atoms with Gasteiger partial charge in [-0.2, -0.15) is 0 Å². The predicted octanol–water partition coefficient (Wildman–Crippen LogP) is 4.08. The number of ketones is 1. The van der Waals surface area contributed by atoms with E-state index in [1.54, 1.807) is 0 Å².